The van der Waals surface area contributed by atoms with E-state index in [1.54, 1.807) is 0 Å². The van der Waals surface area contributed by atoms with Gasteiger partial charge in [-0.3, -0.25) is 0 Å². The molecule has 0 spiro atoms. The predicted molar refractivity (Wildman–Crippen MR) is 95.8 cm³/mol. The Balaban J connectivity index is 1.63. The van der Waals surface area contributed by atoms with Gasteiger partial charge in [0.05, 0.1) is 0 Å². The highest BCUT2D eigenvalue weighted by molar-refractivity contribution is 5.48. The molecule has 1 aromatic carbocycles. The van der Waals surface area contributed by atoms with Crippen molar-refractivity contribution in [2.24, 2.45) is 0 Å². The molecule has 1 saturated carbocycles. The van der Waals surface area contributed by atoms with E-state index in [2.05, 4.69) is 51.8 Å². The first-order chi connectivity index (χ1) is 11.2. The van der Waals surface area contributed by atoms with Gasteiger partial charge >= 0.3 is 0 Å². The van der Waals surface area contributed by atoms with Crippen LogP contribution >= 0.6 is 0 Å². The lowest BCUT2D eigenvalue weighted by Crippen LogP contribution is -2.23. The number of nitrogens with zero attached hydrogens (tertiary/aromatic N) is 2. The maximum Gasteiger partial charge on any atom is 0.132 e. The first kappa shape index (κ1) is 15.8. The molecule has 2 aromatic rings. The van der Waals surface area contributed by atoms with Gasteiger partial charge in [0, 0.05) is 18.7 Å². The highest BCUT2D eigenvalue weighted by Crippen LogP contribution is 2.22. The molecule has 1 aromatic heterocycles. The molecule has 0 bridgehead atoms. The van der Waals surface area contributed by atoms with Crippen LogP contribution in [0.1, 0.15) is 49.1 Å². The summed E-state index contributed by atoms with van der Waals surface area (Å²) in [7, 11) is 0. The molecule has 4 heteroatoms. The molecule has 2 N–H and O–H groups in total. The molecule has 1 heterocycles. The quantitative estimate of drug-likeness (QED) is 0.856. The number of hydrogen-bond acceptors (Lipinski definition) is 4. The number of anilines is 2. The average Bonchev–Trinajstić information content (AvgIpc) is 2.55. The van der Waals surface area contributed by atoms with Gasteiger partial charge in [-0.25, -0.2) is 9.97 Å². The number of nitrogens with one attached hydrogen (secondary N) is 2. The molecule has 0 radical (unpaired) electrons. The second-order valence-electron chi connectivity index (χ2n) is 6.50. The molecule has 0 atom stereocenters. The molecule has 0 saturated heterocycles. The summed E-state index contributed by atoms with van der Waals surface area (Å²) in [6.45, 7) is 4.83. The molecule has 3 rings (SSSR count). The van der Waals surface area contributed by atoms with E-state index in [9.17, 15) is 0 Å². The molecule has 4 nitrogen and oxygen atoms in total. The lowest BCUT2D eigenvalue weighted by molar-refractivity contribution is 0.462. The Kier molecular flexibility index (Phi) is 5.11. The van der Waals surface area contributed by atoms with Crippen molar-refractivity contribution in [3.05, 3.63) is 47.3 Å². The van der Waals surface area contributed by atoms with E-state index in [0.717, 1.165) is 24.0 Å². The number of rotatable bonds is 5. The minimum atomic E-state index is 0.558. The van der Waals surface area contributed by atoms with Crippen LogP contribution in [0.15, 0.2) is 30.3 Å². The van der Waals surface area contributed by atoms with Crippen molar-refractivity contribution in [2.75, 3.05) is 10.6 Å². The molecule has 0 aliphatic heterocycles. The topological polar surface area (TPSA) is 49.8 Å². The van der Waals surface area contributed by atoms with Crippen LogP contribution in [0.2, 0.25) is 0 Å². The SMILES string of the molecule is Cc1ccc(CNc2cc(NC3CCCCC3)nc(C)n2)cc1. The largest absolute Gasteiger partial charge is 0.367 e. The molecule has 0 unspecified atom stereocenters. The summed E-state index contributed by atoms with van der Waals surface area (Å²) in [5.41, 5.74) is 2.54. The standard InChI is InChI=1S/C19H26N4/c1-14-8-10-16(11-9-14)13-20-18-12-19(22-15(2)21-18)23-17-6-4-3-5-7-17/h8-12,17H,3-7,13H2,1-2H3,(H2,20,21,22,23). The maximum atomic E-state index is 4.53. The summed E-state index contributed by atoms with van der Waals surface area (Å²) in [6, 6.07) is 11.2. The zero-order chi connectivity index (χ0) is 16.1. The van der Waals surface area contributed by atoms with Crippen molar-refractivity contribution in [1.29, 1.82) is 0 Å². The Bertz CT molecular complexity index is 630. The number of aryl methyl sites for hydroxylation is 2. The Labute approximate surface area is 138 Å². The van der Waals surface area contributed by atoms with Gasteiger partial charge in [-0.05, 0) is 32.3 Å². The molecule has 122 valence electrons. The van der Waals surface area contributed by atoms with E-state index in [1.807, 2.05) is 13.0 Å². The van der Waals surface area contributed by atoms with Gasteiger partial charge in [0.2, 0.25) is 0 Å². The lowest BCUT2D eigenvalue weighted by Gasteiger charge is -2.23. The first-order valence-electron chi connectivity index (χ1n) is 8.61. The second kappa shape index (κ2) is 7.44. The summed E-state index contributed by atoms with van der Waals surface area (Å²) in [4.78, 5) is 9.03. The van der Waals surface area contributed by atoms with Crippen molar-refractivity contribution >= 4 is 11.6 Å². The number of aromatic nitrogens is 2. The summed E-state index contributed by atoms with van der Waals surface area (Å²) in [6.07, 6.45) is 6.50. The molecule has 1 aliphatic carbocycles. The van der Waals surface area contributed by atoms with Crippen LogP contribution in [0.25, 0.3) is 0 Å². The van der Waals surface area contributed by atoms with E-state index in [4.69, 9.17) is 0 Å². The average molecular weight is 310 g/mol. The van der Waals surface area contributed by atoms with Crippen molar-refractivity contribution in [3.8, 4) is 0 Å². The Hall–Kier alpha value is -2.10. The van der Waals surface area contributed by atoms with Gasteiger partial charge in [0.25, 0.3) is 0 Å². The molecule has 1 aliphatic rings. The highest BCUT2D eigenvalue weighted by atomic mass is 15.1. The van der Waals surface area contributed by atoms with Crippen LogP contribution < -0.4 is 10.6 Å². The van der Waals surface area contributed by atoms with Crippen LogP contribution in [0.3, 0.4) is 0 Å². The molecule has 23 heavy (non-hydrogen) atoms. The van der Waals surface area contributed by atoms with Gasteiger partial charge in [-0.15, -0.1) is 0 Å². The van der Waals surface area contributed by atoms with Gasteiger partial charge in [-0.2, -0.15) is 0 Å². The maximum absolute atomic E-state index is 4.53. The Morgan fingerprint density at radius 1 is 0.957 bits per heavy atom. The van der Waals surface area contributed by atoms with Gasteiger partial charge < -0.3 is 10.6 Å². The summed E-state index contributed by atoms with van der Waals surface area (Å²) < 4.78 is 0. The summed E-state index contributed by atoms with van der Waals surface area (Å²) >= 11 is 0. The molecule has 1 fully saturated rings. The van der Waals surface area contributed by atoms with Crippen LogP contribution in [0.5, 0.6) is 0 Å². The van der Waals surface area contributed by atoms with Crippen molar-refractivity contribution < 1.29 is 0 Å². The van der Waals surface area contributed by atoms with E-state index in [-0.39, 0.29) is 0 Å². The van der Waals surface area contributed by atoms with Crippen LogP contribution in [-0.2, 0) is 6.54 Å². The van der Waals surface area contributed by atoms with Crippen LogP contribution in [0.4, 0.5) is 11.6 Å². The van der Waals surface area contributed by atoms with Gasteiger partial charge in [-0.1, -0.05) is 49.1 Å². The fourth-order valence-corrected chi connectivity index (χ4v) is 3.09. The normalized spacial score (nSPS) is 15.4. The third-order valence-electron chi connectivity index (χ3n) is 4.39. The zero-order valence-corrected chi connectivity index (χ0v) is 14.1. The summed E-state index contributed by atoms with van der Waals surface area (Å²) in [5, 5.41) is 6.98. The van der Waals surface area contributed by atoms with E-state index in [1.165, 1.54) is 43.2 Å². The third-order valence-corrected chi connectivity index (χ3v) is 4.39. The fourth-order valence-electron chi connectivity index (χ4n) is 3.09. The second-order valence-corrected chi connectivity index (χ2v) is 6.50. The van der Waals surface area contributed by atoms with Gasteiger partial charge in [0.1, 0.15) is 17.5 Å². The molecule has 0 amide bonds. The molecular formula is C19H26N4. The van der Waals surface area contributed by atoms with E-state index >= 15 is 0 Å². The van der Waals surface area contributed by atoms with Crippen molar-refractivity contribution in [2.45, 2.75) is 58.5 Å². The van der Waals surface area contributed by atoms with E-state index in [0.29, 0.717) is 6.04 Å². The van der Waals surface area contributed by atoms with Crippen LogP contribution in [0, 0.1) is 13.8 Å². The highest BCUT2D eigenvalue weighted by Gasteiger charge is 2.14. The number of hydrogen-bond donors (Lipinski definition) is 2. The first-order valence-corrected chi connectivity index (χ1v) is 8.61. The zero-order valence-electron chi connectivity index (χ0n) is 14.1. The predicted octanol–water partition coefficient (Wildman–Crippen LogP) is 4.45. The summed E-state index contributed by atoms with van der Waals surface area (Å²) in [5.74, 6) is 2.63. The van der Waals surface area contributed by atoms with Gasteiger partial charge in [0.15, 0.2) is 0 Å². The third kappa shape index (κ3) is 4.68. The Morgan fingerprint density at radius 3 is 2.39 bits per heavy atom. The monoisotopic (exact) mass is 310 g/mol. The Morgan fingerprint density at radius 2 is 1.65 bits per heavy atom. The van der Waals surface area contributed by atoms with Crippen LogP contribution in [-0.4, -0.2) is 16.0 Å². The smallest absolute Gasteiger partial charge is 0.132 e. The number of benzene rings is 1. The minimum Gasteiger partial charge on any atom is -0.367 e. The van der Waals surface area contributed by atoms with Crippen molar-refractivity contribution in [3.63, 3.8) is 0 Å². The fraction of sp³-hybridized carbons (Fsp3) is 0.474. The van der Waals surface area contributed by atoms with Crippen molar-refractivity contribution in [1.82, 2.24) is 9.97 Å². The minimum absolute atomic E-state index is 0.558. The lowest BCUT2D eigenvalue weighted by atomic mass is 9.95. The van der Waals surface area contributed by atoms with E-state index < -0.39 is 0 Å². The molecular weight excluding hydrogens is 284 g/mol.